The molecule has 0 amide bonds. The minimum atomic E-state index is 0.440. The Bertz CT molecular complexity index is 219. The van der Waals surface area contributed by atoms with Gasteiger partial charge in [-0.2, -0.15) is 12.6 Å². The van der Waals surface area contributed by atoms with Crippen molar-refractivity contribution in [2.75, 3.05) is 12.4 Å². The summed E-state index contributed by atoms with van der Waals surface area (Å²) in [6.45, 7) is 5.71. The van der Waals surface area contributed by atoms with Crippen LogP contribution in [0, 0.1) is 17.3 Å². The maximum atomic E-state index is 6.15. The fraction of sp³-hybridized carbons (Fsp3) is 1.00. The zero-order chi connectivity index (χ0) is 11.6. The molecule has 94 valence electrons. The van der Waals surface area contributed by atoms with Crippen molar-refractivity contribution in [1.29, 1.82) is 0 Å². The highest BCUT2D eigenvalue weighted by atomic mass is 32.1. The van der Waals surface area contributed by atoms with Gasteiger partial charge in [0.1, 0.15) is 0 Å². The van der Waals surface area contributed by atoms with Crippen LogP contribution in [0.2, 0.25) is 0 Å². The zero-order valence-electron chi connectivity index (χ0n) is 10.7. The summed E-state index contributed by atoms with van der Waals surface area (Å²) in [4.78, 5) is 0. The Morgan fingerprint density at radius 2 is 1.94 bits per heavy atom. The van der Waals surface area contributed by atoms with Crippen molar-refractivity contribution in [3.63, 3.8) is 0 Å². The number of thiol groups is 1. The van der Waals surface area contributed by atoms with Gasteiger partial charge < -0.3 is 4.74 Å². The normalized spacial score (nSPS) is 38.1. The fourth-order valence-electron chi connectivity index (χ4n) is 2.97. The van der Waals surface area contributed by atoms with Crippen molar-refractivity contribution in [3.8, 4) is 0 Å². The smallest absolute Gasteiger partial charge is 0.0578 e. The summed E-state index contributed by atoms with van der Waals surface area (Å²) in [5.74, 6) is 2.74. The second-order valence-corrected chi connectivity index (χ2v) is 6.53. The van der Waals surface area contributed by atoms with Crippen LogP contribution >= 0.6 is 12.6 Å². The molecule has 0 aromatic heterocycles. The molecule has 3 unspecified atom stereocenters. The fourth-order valence-corrected chi connectivity index (χ4v) is 3.38. The molecule has 1 nitrogen and oxygen atoms in total. The van der Waals surface area contributed by atoms with E-state index in [-0.39, 0.29) is 0 Å². The van der Waals surface area contributed by atoms with Crippen LogP contribution in [0.1, 0.15) is 52.4 Å². The predicted molar refractivity (Wildman–Crippen MR) is 72.1 cm³/mol. The van der Waals surface area contributed by atoms with E-state index >= 15 is 0 Å². The highest BCUT2D eigenvalue weighted by Gasteiger charge is 2.37. The molecule has 2 heteroatoms. The topological polar surface area (TPSA) is 9.23 Å². The third-order valence-corrected chi connectivity index (χ3v) is 5.60. The van der Waals surface area contributed by atoms with Gasteiger partial charge in [-0.15, -0.1) is 0 Å². The van der Waals surface area contributed by atoms with Gasteiger partial charge in [-0.05, 0) is 49.7 Å². The minimum absolute atomic E-state index is 0.440. The van der Waals surface area contributed by atoms with Crippen molar-refractivity contribution in [2.45, 2.75) is 58.5 Å². The van der Waals surface area contributed by atoms with Gasteiger partial charge in [0.05, 0.1) is 12.7 Å². The molecule has 2 fully saturated rings. The molecule has 2 saturated carbocycles. The maximum absolute atomic E-state index is 6.15. The molecule has 0 aromatic rings. The lowest BCUT2D eigenvalue weighted by atomic mass is 9.71. The molecule has 0 bridgehead atoms. The van der Waals surface area contributed by atoms with E-state index in [2.05, 4.69) is 26.5 Å². The summed E-state index contributed by atoms with van der Waals surface area (Å²) in [7, 11) is 0. The first kappa shape index (κ1) is 12.8. The molecule has 0 aliphatic heterocycles. The van der Waals surface area contributed by atoms with Gasteiger partial charge in [0, 0.05) is 5.41 Å². The highest BCUT2D eigenvalue weighted by molar-refractivity contribution is 7.80. The number of hydrogen-bond donors (Lipinski definition) is 1. The summed E-state index contributed by atoms with van der Waals surface area (Å²) in [6.07, 6.45) is 8.45. The SMILES string of the molecule is CC1CCC(OCC2(CS)CCC2)CC1C. The lowest BCUT2D eigenvalue weighted by molar-refractivity contribution is -0.0578. The van der Waals surface area contributed by atoms with Crippen LogP contribution in [0.25, 0.3) is 0 Å². The lowest BCUT2D eigenvalue weighted by Crippen LogP contribution is -2.39. The minimum Gasteiger partial charge on any atom is -0.378 e. The van der Waals surface area contributed by atoms with E-state index in [1.165, 1.54) is 38.5 Å². The van der Waals surface area contributed by atoms with E-state index in [0.29, 0.717) is 11.5 Å². The molecule has 0 spiro atoms. The molecule has 2 aliphatic rings. The summed E-state index contributed by atoms with van der Waals surface area (Å²) in [5.41, 5.74) is 0.440. The van der Waals surface area contributed by atoms with Crippen LogP contribution in [0.15, 0.2) is 0 Å². The molecule has 0 radical (unpaired) electrons. The van der Waals surface area contributed by atoms with Crippen LogP contribution < -0.4 is 0 Å². The Kier molecular flexibility index (Phi) is 4.23. The molecular formula is C14H26OS. The van der Waals surface area contributed by atoms with E-state index < -0.39 is 0 Å². The Labute approximate surface area is 106 Å². The van der Waals surface area contributed by atoms with Gasteiger partial charge in [0.15, 0.2) is 0 Å². The van der Waals surface area contributed by atoms with Crippen LogP contribution in [-0.4, -0.2) is 18.5 Å². The molecule has 0 aromatic carbocycles. The van der Waals surface area contributed by atoms with Crippen LogP contribution in [0.5, 0.6) is 0 Å². The average molecular weight is 242 g/mol. The summed E-state index contributed by atoms with van der Waals surface area (Å²) in [5, 5.41) is 0. The van der Waals surface area contributed by atoms with Gasteiger partial charge in [0.25, 0.3) is 0 Å². The average Bonchev–Trinajstić information content (AvgIpc) is 2.22. The van der Waals surface area contributed by atoms with E-state index in [0.717, 1.165) is 24.2 Å². The lowest BCUT2D eigenvalue weighted by Gasteiger charge is -2.42. The zero-order valence-corrected chi connectivity index (χ0v) is 11.6. The Morgan fingerprint density at radius 1 is 1.19 bits per heavy atom. The first-order chi connectivity index (χ1) is 7.65. The first-order valence-electron chi connectivity index (χ1n) is 6.88. The molecule has 2 aliphatic carbocycles. The van der Waals surface area contributed by atoms with Crippen LogP contribution in [0.3, 0.4) is 0 Å². The molecule has 3 atom stereocenters. The molecule has 16 heavy (non-hydrogen) atoms. The molecule has 0 saturated heterocycles. The molecule has 0 N–H and O–H groups in total. The van der Waals surface area contributed by atoms with Gasteiger partial charge in [0.2, 0.25) is 0 Å². The number of rotatable bonds is 4. The van der Waals surface area contributed by atoms with Gasteiger partial charge in [-0.25, -0.2) is 0 Å². The van der Waals surface area contributed by atoms with Crippen molar-refractivity contribution in [2.24, 2.45) is 17.3 Å². The second kappa shape index (κ2) is 5.30. The van der Waals surface area contributed by atoms with Crippen molar-refractivity contribution >= 4 is 12.6 Å². The van der Waals surface area contributed by atoms with Crippen molar-refractivity contribution < 1.29 is 4.74 Å². The second-order valence-electron chi connectivity index (χ2n) is 6.21. The summed E-state index contributed by atoms with van der Waals surface area (Å²) >= 11 is 4.48. The van der Waals surface area contributed by atoms with Gasteiger partial charge in [-0.1, -0.05) is 20.3 Å². The van der Waals surface area contributed by atoms with Crippen molar-refractivity contribution in [1.82, 2.24) is 0 Å². The van der Waals surface area contributed by atoms with Crippen LogP contribution in [0.4, 0.5) is 0 Å². The summed E-state index contributed by atoms with van der Waals surface area (Å²) in [6, 6.07) is 0. The largest absolute Gasteiger partial charge is 0.378 e. The third-order valence-electron chi connectivity index (χ3n) is 4.92. The van der Waals surface area contributed by atoms with E-state index in [1.54, 1.807) is 0 Å². The maximum Gasteiger partial charge on any atom is 0.0578 e. The monoisotopic (exact) mass is 242 g/mol. The Morgan fingerprint density at radius 3 is 2.44 bits per heavy atom. The Balaban J connectivity index is 1.74. The highest BCUT2D eigenvalue weighted by Crippen LogP contribution is 2.43. The molecule has 0 heterocycles. The predicted octanol–water partition coefficient (Wildman–Crippen LogP) is 3.93. The summed E-state index contributed by atoms with van der Waals surface area (Å²) < 4.78 is 6.15. The van der Waals surface area contributed by atoms with E-state index in [1.807, 2.05) is 0 Å². The number of hydrogen-bond acceptors (Lipinski definition) is 2. The van der Waals surface area contributed by atoms with Crippen LogP contribution in [-0.2, 0) is 4.74 Å². The number of ether oxygens (including phenoxy) is 1. The van der Waals surface area contributed by atoms with Crippen molar-refractivity contribution in [3.05, 3.63) is 0 Å². The quantitative estimate of drug-likeness (QED) is 0.735. The molecular weight excluding hydrogens is 216 g/mol. The van der Waals surface area contributed by atoms with Gasteiger partial charge >= 0.3 is 0 Å². The first-order valence-corrected chi connectivity index (χ1v) is 7.51. The van der Waals surface area contributed by atoms with Gasteiger partial charge in [-0.3, -0.25) is 0 Å². The van der Waals surface area contributed by atoms with E-state index in [9.17, 15) is 0 Å². The standard InChI is InChI=1S/C14H26OS/c1-11-4-5-13(8-12(11)2)15-9-14(10-16)6-3-7-14/h11-13,16H,3-10H2,1-2H3. The van der Waals surface area contributed by atoms with E-state index in [4.69, 9.17) is 4.74 Å². The Hall–Kier alpha value is 0.310. The molecule has 2 rings (SSSR count). The third kappa shape index (κ3) is 2.76.